The van der Waals surface area contributed by atoms with Crippen LogP contribution >= 0.6 is 0 Å². The van der Waals surface area contributed by atoms with E-state index in [9.17, 15) is 4.79 Å². The van der Waals surface area contributed by atoms with Crippen LogP contribution in [0.3, 0.4) is 0 Å². The molecule has 0 aliphatic carbocycles. The first-order chi connectivity index (χ1) is 13.8. The van der Waals surface area contributed by atoms with Crippen LogP contribution in [-0.2, 0) is 5.79 Å². The highest BCUT2D eigenvalue weighted by Crippen LogP contribution is 2.55. The molecule has 0 saturated heterocycles. The normalized spacial score (nSPS) is 21.9. The van der Waals surface area contributed by atoms with Gasteiger partial charge in [-0.2, -0.15) is 0 Å². The molecule has 0 fully saturated rings. The lowest BCUT2D eigenvalue weighted by molar-refractivity contribution is -0.148. The second-order valence-corrected chi connectivity index (χ2v) is 7.25. The molecule has 3 heterocycles. The van der Waals surface area contributed by atoms with Gasteiger partial charge in [0.25, 0.3) is 5.79 Å². The zero-order valence-electron chi connectivity index (χ0n) is 14.9. The molecule has 0 amide bonds. The summed E-state index contributed by atoms with van der Waals surface area (Å²) in [5.74, 6) is 0.154. The molecule has 0 N–H and O–H groups in total. The van der Waals surface area contributed by atoms with Gasteiger partial charge in [0.1, 0.15) is 17.1 Å². The minimum Gasteiger partial charge on any atom is -0.448 e. The minimum absolute atomic E-state index is 0.158. The molecule has 28 heavy (non-hydrogen) atoms. The first kappa shape index (κ1) is 15.5. The van der Waals surface area contributed by atoms with E-state index in [-0.39, 0.29) is 11.5 Å². The van der Waals surface area contributed by atoms with Gasteiger partial charge in [0, 0.05) is 23.5 Å². The zero-order valence-corrected chi connectivity index (χ0v) is 14.9. The predicted octanol–water partition coefficient (Wildman–Crippen LogP) is 4.95. The second kappa shape index (κ2) is 5.49. The minimum atomic E-state index is -0.982. The smallest absolute Gasteiger partial charge is 0.343 e. The molecule has 4 nitrogen and oxygen atoms in total. The van der Waals surface area contributed by atoms with Crippen LogP contribution in [0.1, 0.15) is 29.0 Å². The highest BCUT2D eigenvalue weighted by molar-refractivity contribution is 5.85. The van der Waals surface area contributed by atoms with Gasteiger partial charge in [-0.3, -0.25) is 0 Å². The molecule has 0 radical (unpaired) electrons. The van der Waals surface area contributed by atoms with Crippen molar-refractivity contribution in [2.24, 2.45) is 0 Å². The van der Waals surface area contributed by atoms with Crippen LogP contribution in [0.5, 0.6) is 11.5 Å². The summed E-state index contributed by atoms with van der Waals surface area (Å²) in [6.07, 6.45) is 0.518. The largest absolute Gasteiger partial charge is 0.448 e. The van der Waals surface area contributed by atoms with Crippen molar-refractivity contribution in [3.63, 3.8) is 0 Å². The van der Waals surface area contributed by atoms with E-state index in [1.807, 2.05) is 72.8 Å². The van der Waals surface area contributed by atoms with E-state index >= 15 is 0 Å². The van der Waals surface area contributed by atoms with Crippen LogP contribution in [0.2, 0.25) is 0 Å². The number of rotatable bonds is 1. The highest BCUT2D eigenvalue weighted by Gasteiger charge is 2.51. The first-order valence-corrected chi connectivity index (χ1v) is 9.33. The maximum absolute atomic E-state index is 12.9. The molecule has 2 aliphatic heterocycles. The van der Waals surface area contributed by atoms with Gasteiger partial charge in [0.2, 0.25) is 0 Å². The van der Waals surface area contributed by atoms with Crippen molar-refractivity contribution in [3.8, 4) is 11.5 Å². The third-order valence-corrected chi connectivity index (χ3v) is 5.67. The molecule has 2 bridgehead atoms. The van der Waals surface area contributed by atoms with Crippen LogP contribution in [0.15, 0.2) is 88.1 Å². The van der Waals surface area contributed by atoms with E-state index in [0.717, 1.165) is 22.3 Å². The van der Waals surface area contributed by atoms with Gasteiger partial charge in [0.15, 0.2) is 0 Å². The molecule has 4 aromatic rings. The van der Waals surface area contributed by atoms with Gasteiger partial charge in [-0.05, 0) is 18.2 Å². The van der Waals surface area contributed by atoms with Crippen molar-refractivity contribution >= 4 is 11.0 Å². The van der Waals surface area contributed by atoms with E-state index in [4.69, 9.17) is 13.9 Å². The van der Waals surface area contributed by atoms with E-state index in [0.29, 0.717) is 23.3 Å². The lowest BCUT2D eigenvalue weighted by atomic mass is 9.78. The Morgan fingerprint density at radius 3 is 2.46 bits per heavy atom. The standard InChI is InChI=1S/C24H16O4/c25-23-21-18-14-24(15-8-2-1-3-9-15,27-20-13-7-4-10-16(18)20)28-22(21)17-11-5-6-12-19(17)26-23/h1-13,18H,14H2. The van der Waals surface area contributed by atoms with Crippen LogP contribution in [0.4, 0.5) is 0 Å². The molecule has 2 atom stereocenters. The quantitative estimate of drug-likeness (QED) is 0.446. The Morgan fingerprint density at radius 2 is 1.57 bits per heavy atom. The lowest BCUT2D eigenvalue weighted by Gasteiger charge is -2.46. The fourth-order valence-corrected chi connectivity index (χ4v) is 4.42. The Balaban J connectivity index is 1.71. The van der Waals surface area contributed by atoms with E-state index in [2.05, 4.69) is 0 Å². The topological polar surface area (TPSA) is 48.7 Å². The lowest BCUT2D eigenvalue weighted by Crippen LogP contribution is -2.48. The van der Waals surface area contributed by atoms with E-state index < -0.39 is 5.79 Å². The summed E-state index contributed by atoms with van der Waals surface area (Å²) in [6, 6.07) is 25.2. The molecule has 4 heteroatoms. The number of hydrogen-bond acceptors (Lipinski definition) is 4. The van der Waals surface area contributed by atoms with Gasteiger partial charge in [-0.15, -0.1) is 0 Å². The predicted molar refractivity (Wildman–Crippen MR) is 105 cm³/mol. The van der Waals surface area contributed by atoms with Crippen molar-refractivity contribution < 1.29 is 13.9 Å². The average molecular weight is 368 g/mol. The molecule has 2 aliphatic rings. The van der Waals surface area contributed by atoms with Crippen molar-refractivity contribution in [1.82, 2.24) is 0 Å². The number of ether oxygens (including phenoxy) is 2. The van der Waals surface area contributed by atoms with Crippen LogP contribution in [0.25, 0.3) is 11.0 Å². The third-order valence-electron chi connectivity index (χ3n) is 5.67. The fraction of sp³-hybridized carbons (Fsp3) is 0.125. The zero-order chi connectivity index (χ0) is 18.7. The van der Waals surface area contributed by atoms with Gasteiger partial charge in [-0.1, -0.05) is 60.7 Å². The van der Waals surface area contributed by atoms with Crippen molar-refractivity contribution in [2.45, 2.75) is 18.1 Å². The SMILES string of the molecule is O=c1oc2ccccc2c2c1C1CC(c3ccccc3)(Oc3ccccc31)O2. The second-order valence-electron chi connectivity index (χ2n) is 7.25. The van der Waals surface area contributed by atoms with Crippen LogP contribution in [-0.4, -0.2) is 0 Å². The summed E-state index contributed by atoms with van der Waals surface area (Å²) >= 11 is 0. The molecule has 1 aromatic heterocycles. The van der Waals surface area contributed by atoms with Crippen LogP contribution in [0, 0.1) is 0 Å². The number of fused-ring (bicyclic) bond motifs is 8. The van der Waals surface area contributed by atoms with Crippen LogP contribution < -0.4 is 15.1 Å². The summed E-state index contributed by atoms with van der Waals surface area (Å²) in [4.78, 5) is 12.9. The van der Waals surface area contributed by atoms with E-state index in [1.54, 1.807) is 6.07 Å². The first-order valence-electron chi connectivity index (χ1n) is 9.33. The Labute approximate surface area is 161 Å². The monoisotopic (exact) mass is 368 g/mol. The molecular weight excluding hydrogens is 352 g/mol. The summed E-state index contributed by atoms with van der Waals surface area (Å²) in [5, 5.41) is 0.782. The van der Waals surface area contributed by atoms with Gasteiger partial charge < -0.3 is 13.9 Å². The maximum Gasteiger partial charge on any atom is 0.343 e. The number of hydrogen-bond donors (Lipinski definition) is 0. The molecule has 0 spiro atoms. The Morgan fingerprint density at radius 1 is 0.821 bits per heavy atom. The van der Waals surface area contributed by atoms with Gasteiger partial charge >= 0.3 is 5.63 Å². The third kappa shape index (κ3) is 2.03. The molecule has 0 saturated carbocycles. The highest BCUT2D eigenvalue weighted by atomic mass is 16.7. The Hall–Kier alpha value is -3.53. The Kier molecular flexibility index (Phi) is 3.04. The Bertz CT molecular complexity index is 1270. The summed E-state index contributed by atoms with van der Waals surface area (Å²) in [7, 11) is 0. The van der Waals surface area contributed by atoms with Gasteiger partial charge in [-0.25, -0.2) is 4.79 Å². The summed E-state index contributed by atoms with van der Waals surface area (Å²) < 4.78 is 18.6. The fourth-order valence-electron chi connectivity index (χ4n) is 4.42. The number of benzene rings is 3. The number of para-hydroxylation sites is 2. The van der Waals surface area contributed by atoms with Crippen molar-refractivity contribution in [3.05, 3.63) is 106 Å². The average Bonchev–Trinajstić information content (AvgIpc) is 2.74. The van der Waals surface area contributed by atoms with E-state index in [1.165, 1.54) is 0 Å². The van der Waals surface area contributed by atoms with Crippen molar-refractivity contribution in [2.75, 3.05) is 0 Å². The van der Waals surface area contributed by atoms with Crippen molar-refractivity contribution in [1.29, 1.82) is 0 Å². The molecule has 2 unspecified atom stereocenters. The summed E-state index contributed by atoms with van der Waals surface area (Å²) in [6.45, 7) is 0. The maximum atomic E-state index is 12.9. The molecule has 136 valence electrons. The molecular formula is C24H16O4. The molecule has 6 rings (SSSR count). The molecule has 3 aromatic carbocycles. The van der Waals surface area contributed by atoms with Gasteiger partial charge in [0.05, 0.1) is 10.9 Å². The summed E-state index contributed by atoms with van der Waals surface area (Å²) in [5.41, 5.74) is 2.65.